The first-order valence-electron chi connectivity index (χ1n) is 6.76. The number of likely N-dealkylation sites (tertiary alicyclic amines) is 1. The zero-order valence-corrected chi connectivity index (χ0v) is 11.3. The van der Waals surface area contributed by atoms with Crippen molar-refractivity contribution in [1.82, 2.24) is 4.90 Å². The summed E-state index contributed by atoms with van der Waals surface area (Å²) >= 11 is 0. The Labute approximate surface area is 109 Å². The Hall–Kier alpha value is -1.09. The molecule has 0 aliphatic carbocycles. The molecule has 0 saturated carbocycles. The minimum absolute atomic E-state index is 0.262. The van der Waals surface area contributed by atoms with Gasteiger partial charge in [-0.3, -0.25) is 4.90 Å². The zero-order chi connectivity index (χ0) is 13.0. The van der Waals surface area contributed by atoms with Crippen LogP contribution < -0.4 is 4.74 Å². The summed E-state index contributed by atoms with van der Waals surface area (Å²) in [6.45, 7) is 7.91. The van der Waals surface area contributed by atoms with Gasteiger partial charge in [-0.25, -0.2) is 4.39 Å². The molecule has 18 heavy (non-hydrogen) atoms. The number of ether oxygens (including phenoxy) is 1. The van der Waals surface area contributed by atoms with E-state index in [1.807, 2.05) is 13.0 Å². The largest absolute Gasteiger partial charge is 0.489 e. The van der Waals surface area contributed by atoms with E-state index in [4.69, 9.17) is 4.74 Å². The highest BCUT2D eigenvalue weighted by Crippen LogP contribution is 2.18. The van der Waals surface area contributed by atoms with Crippen LogP contribution in [0.1, 0.15) is 25.3 Å². The Kier molecular flexibility index (Phi) is 4.59. The van der Waals surface area contributed by atoms with Crippen LogP contribution in [0.3, 0.4) is 0 Å². The van der Waals surface area contributed by atoms with Crippen molar-refractivity contribution in [3.8, 4) is 5.75 Å². The Morgan fingerprint density at radius 1 is 1.33 bits per heavy atom. The van der Waals surface area contributed by atoms with Gasteiger partial charge in [-0.1, -0.05) is 13.0 Å². The maximum absolute atomic E-state index is 13.5. The van der Waals surface area contributed by atoms with Crippen LogP contribution in [0.15, 0.2) is 18.2 Å². The summed E-state index contributed by atoms with van der Waals surface area (Å²) in [6.07, 6.45) is 2.53. The summed E-state index contributed by atoms with van der Waals surface area (Å²) in [7, 11) is 0. The van der Waals surface area contributed by atoms with Crippen LogP contribution in [-0.2, 0) is 0 Å². The maximum Gasteiger partial charge on any atom is 0.165 e. The van der Waals surface area contributed by atoms with Crippen molar-refractivity contribution in [1.29, 1.82) is 0 Å². The summed E-state index contributed by atoms with van der Waals surface area (Å²) in [6, 6.07) is 5.10. The maximum atomic E-state index is 13.5. The topological polar surface area (TPSA) is 12.5 Å². The molecule has 0 amide bonds. The molecular weight excluding hydrogens is 229 g/mol. The number of halogens is 1. The standard InChI is InChI=1S/C15H22FNO/c1-12-5-7-17(8-6-12)9-10-18-15-4-3-13(2)11-14(15)16/h3-4,11-12H,5-10H2,1-2H3. The molecule has 0 spiro atoms. The molecule has 1 saturated heterocycles. The molecule has 0 N–H and O–H groups in total. The van der Waals surface area contributed by atoms with Crippen molar-refractivity contribution in [3.63, 3.8) is 0 Å². The van der Waals surface area contributed by atoms with Crippen LogP contribution in [0, 0.1) is 18.7 Å². The normalized spacial score (nSPS) is 17.9. The minimum Gasteiger partial charge on any atom is -0.489 e. The first-order chi connectivity index (χ1) is 8.65. The summed E-state index contributed by atoms with van der Waals surface area (Å²) in [4.78, 5) is 2.39. The Balaban J connectivity index is 1.75. The molecule has 1 aromatic carbocycles. The number of hydrogen-bond donors (Lipinski definition) is 0. The van der Waals surface area contributed by atoms with E-state index in [1.54, 1.807) is 6.07 Å². The van der Waals surface area contributed by atoms with Gasteiger partial charge in [0.25, 0.3) is 0 Å². The smallest absolute Gasteiger partial charge is 0.165 e. The van der Waals surface area contributed by atoms with Gasteiger partial charge in [0.2, 0.25) is 0 Å². The monoisotopic (exact) mass is 251 g/mol. The molecule has 1 fully saturated rings. The Morgan fingerprint density at radius 3 is 2.72 bits per heavy atom. The van der Waals surface area contributed by atoms with Crippen LogP contribution in [-0.4, -0.2) is 31.1 Å². The van der Waals surface area contributed by atoms with Crippen molar-refractivity contribution in [2.45, 2.75) is 26.7 Å². The van der Waals surface area contributed by atoms with E-state index in [0.29, 0.717) is 12.4 Å². The number of hydrogen-bond acceptors (Lipinski definition) is 2. The van der Waals surface area contributed by atoms with E-state index >= 15 is 0 Å². The molecule has 0 radical (unpaired) electrons. The van der Waals surface area contributed by atoms with E-state index < -0.39 is 0 Å². The highest BCUT2D eigenvalue weighted by atomic mass is 19.1. The van der Waals surface area contributed by atoms with Crippen molar-refractivity contribution >= 4 is 0 Å². The molecule has 0 aromatic heterocycles. The Bertz CT molecular complexity index is 386. The number of benzene rings is 1. The van der Waals surface area contributed by atoms with Crippen molar-refractivity contribution < 1.29 is 9.13 Å². The third-order valence-electron chi connectivity index (χ3n) is 3.63. The first kappa shape index (κ1) is 13.3. The zero-order valence-electron chi connectivity index (χ0n) is 11.3. The summed E-state index contributed by atoms with van der Waals surface area (Å²) in [5.41, 5.74) is 0.921. The lowest BCUT2D eigenvalue weighted by Gasteiger charge is -2.29. The van der Waals surface area contributed by atoms with Gasteiger partial charge in [0.15, 0.2) is 11.6 Å². The van der Waals surface area contributed by atoms with E-state index in [0.717, 1.165) is 31.1 Å². The molecule has 3 heteroatoms. The predicted molar refractivity (Wildman–Crippen MR) is 71.5 cm³/mol. The summed E-state index contributed by atoms with van der Waals surface area (Å²) in [5, 5.41) is 0. The predicted octanol–water partition coefficient (Wildman–Crippen LogP) is 3.24. The molecule has 1 aliphatic rings. The fourth-order valence-corrected chi connectivity index (χ4v) is 2.29. The summed E-state index contributed by atoms with van der Waals surface area (Å²) in [5.74, 6) is 0.949. The van der Waals surface area contributed by atoms with E-state index in [-0.39, 0.29) is 5.82 Å². The van der Waals surface area contributed by atoms with Crippen LogP contribution in [0.2, 0.25) is 0 Å². The first-order valence-corrected chi connectivity index (χ1v) is 6.76. The average molecular weight is 251 g/mol. The van der Waals surface area contributed by atoms with E-state index in [1.165, 1.54) is 18.9 Å². The van der Waals surface area contributed by atoms with Crippen molar-refractivity contribution in [2.24, 2.45) is 5.92 Å². The van der Waals surface area contributed by atoms with Gasteiger partial charge in [-0.15, -0.1) is 0 Å². The van der Waals surface area contributed by atoms with E-state index in [9.17, 15) is 4.39 Å². The van der Waals surface area contributed by atoms with Crippen molar-refractivity contribution in [3.05, 3.63) is 29.6 Å². The van der Waals surface area contributed by atoms with Gasteiger partial charge in [0.05, 0.1) is 0 Å². The number of nitrogens with zero attached hydrogens (tertiary/aromatic N) is 1. The molecule has 0 unspecified atom stereocenters. The second-order valence-corrected chi connectivity index (χ2v) is 5.31. The molecule has 2 nitrogen and oxygen atoms in total. The van der Waals surface area contributed by atoms with Gasteiger partial charge in [0.1, 0.15) is 6.61 Å². The molecule has 0 atom stereocenters. The van der Waals surface area contributed by atoms with Crippen molar-refractivity contribution in [2.75, 3.05) is 26.2 Å². The lowest BCUT2D eigenvalue weighted by atomic mass is 9.99. The molecule has 1 aromatic rings. The third-order valence-corrected chi connectivity index (χ3v) is 3.63. The van der Waals surface area contributed by atoms with Gasteiger partial charge in [-0.05, 0) is 56.5 Å². The molecule has 1 aliphatic heterocycles. The van der Waals surface area contributed by atoms with Gasteiger partial charge in [-0.2, -0.15) is 0 Å². The second kappa shape index (κ2) is 6.19. The Morgan fingerprint density at radius 2 is 2.06 bits per heavy atom. The van der Waals surface area contributed by atoms with Crippen LogP contribution in [0.4, 0.5) is 4.39 Å². The van der Waals surface area contributed by atoms with Crippen LogP contribution in [0.25, 0.3) is 0 Å². The molecule has 100 valence electrons. The fourth-order valence-electron chi connectivity index (χ4n) is 2.29. The number of aryl methyl sites for hydroxylation is 1. The number of piperidine rings is 1. The quantitative estimate of drug-likeness (QED) is 0.814. The van der Waals surface area contributed by atoms with E-state index in [2.05, 4.69) is 11.8 Å². The second-order valence-electron chi connectivity index (χ2n) is 5.31. The van der Waals surface area contributed by atoms with Gasteiger partial charge < -0.3 is 4.74 Å². The van der Waals surface area contributed by atoms with Crippen LogP contribution in [0.5, 0.6) is 5.75 Å². The average Bonchev–Trinajstić information content (AvgIpc) is 2.34. The molecule has 0 bridgehead atoms. The van der Waals surface area contributed by atoms with Crippen LogP contribution >= 0.6 is 0 Å². The minimum atomic E-state index is -0.262. The molecule has 1 heterocycles. The highest BCUT2D eigenvalue weighted by molar-refractivity contribution is 5.28. The lowest BCUT2D eigenvalue weighted by Crippen LogP contribution is -2.35. The van der Waals surface area contributed by atoms with Gasteiger partial charge >= 0.3 is 0 Å². The molecular formula is C15H22FNO. The highest BCUT2D eigenvalue weighted by Gasteiger charge is 2.15. The lowest BCUT2D eigenvalue weighted by molar-refractivity contribution is 0.158. The SMILES string of the molecule is Cc1ccc(OCCN2CCC(C)CC2)c(F)c1. The summed E-state index contributed by atoms with van der Waals surface area (Å²) < 4.78 is 19.0. The fraction of sp³-hybridized carbons (Fsp3) is 0.600. The molecule has 2 rings (SSSR count). The van der Waals surface area contributed by atoms with Gasteiger partial charge in [0, 0.05) is 6.54 Å². The third kappa shape index (κ3) is 3.70. The number of rotatable bonds is 4.